The Balaban J connectivity index is 1.43. The second kappa shape index (κ2) is 9.05. The number of nitrogens with zero attached hydrogens (tertiary/aromatic N) is 2. The number of sulfonamides is 1. The Morgan fingerprint density at radius 2 is 1.80 bits per heavy atom. The molecule has 0 spiro atoms. The number of hydrogen-bond acceptors (Lipinski definition) is 5. The molecule has 4 aromatic rings. The maximum absolute atomic E-state index is 14.7. The molecule has 1 aliphatic rings. The third-order valence-corrected chi connectivity index (χ3v) is 7.17. The molecule has 1 saturated heterocycles. The Kier molecular flexibility index (Phi) is 5.91. The van der Waals surface area contributed by atoms with E-state index in [1.54, 1.807) is 18.2 Å². The lowest BCUT2D eigenvalue weighted by Crippen LogP contribution is -2.41. The number of benzene rings is 3. The normalized spacial score (nSPS) is 15.2. The van der Waals surface area contributed by atoms with Gasteiger partial charge in [0, 0.05) is 34.5 Å². The van der Waals surface area contributed by atoms with Gasteiger partial charge in [0.25, 0.3) is 15.9 Å². The SMILES string of the molecule is O=C(Nc1cc(F)c(F)c(-c2nccc3ccccc23)c1)c1ccc(N2CCOCS2(=O)=O)cc1. The summed E-state index contributed by atoms with van der Waals surface area (Å²) in [6, 6.07) is 17.1. The number of halogens is 2. The molecule has 1 aliphatic heterocycles. The molecule has 0 bridgehead atoms. The molecule has 0 atom stereocenters. The van der Waals surface area contributed by atoms with Crippen LogP contribution in [0.25, 0.3) is 22.0 Å². The van der Waals surface area contributed by atoms with E-state index in [0.29, 0.717) is 11.1 Å². The second-order valence-corrected chi connectivity index (χ2v) is 9.75. The van der Waals surface area contributed by atoms with Crippen LogP contribution in [0.1, 0.15) is 10.4 Å². The van der Waals surface area contributed by atoms with E-state index in [0.717, 1.165) is 11.5 Å². The number of carbonyl (C=O) groups excluding carboxylic acids is 1. The van der Waals surface area contributed by atoms with Crippen LogP contribution in [0.15, 0.2) is 72.9 Å². The van der Waals surface area contributed by atoms with Gasteiger partial charge in [0.1, 0.15) is 0 Å². The summed E-state index contributed by atoms with van der Waals surface area (Å²) >= 11 is 0. The molecule has 35 heavy (non-hydrogen) atoms. The Morgan fingerprint density at radius 1 is 1.03 bits per heavy atom. The quantitative estimate of drug-likeness (QED) is 0.449. The molecular formula is C25H19F2N3O4S. The Labute approximate surface area is 200 Å². The van der Waals surface area contributed by atoms with Gasteiger partial charge in [-0.25, -0.2) is 17.2 Å². The maximum atomic E-state index is 14.7. The molecule has 1 amide bonds. The number of carbonyl (C=O) groups is 1. The first kappa shape index (κ1) is 22.9. The molecule has 1 fully saturated rings. The Morgan fingerprint density at radius 3 is 2.57 bits per heavy atom. The molecule has 5 rings (SSSR count). The van der Waals surface area contributed by atoms with Crippen molar-refractivity contribution in [1.29, 1.82) is 0 Å². The lowest BCUT2D eigenvalue weighted by atomic mass is 10.0. The number of ether oxygens (including phenoxy) is 1. The summed E-state index contributed by atoms with van der Waals surface area (Å²) in [6.45, 7) is 0.444. The summed E-state index contributed by atoms with van der Waals surface area (Å²) in [5, 5.41) is 4.03. The van der Waals surface area contributed by atoms with Gasteiger partial charge in [0.05, 0.1) is 24.5 Å². The fraction of sp³-hybridized carbons (Fsp3) is 0.120. The van der Waals surface area contributed by atoms with Crippen LogP contribution in [-0.2, 0) is 14.8 Å². The molecule has 1 N–H and O–H groups in total. The molecule has 0 aliphatic carbocycles. The van der Waals surface area contributed by atoms with Crippen LogP contribution < -0.4 is 9.62 Å². The zero-order chi connectivity index (χ0) is 24.6. The lowest BCUT2D eigenvalue weighted by Gasteiger charge is -2.28. The molecule has 178 valence electrons. The van der Waals surface area contributed by atoms with Crippen LogP contribution in [-0.4, -0.2) is 38.4 Å². The van der Waals surface area contributed by atoms with Crippen molar-refractivity contribution in [3.8, 4) is 11.3 Å². The predicted molar refractivity (Wildman–Crippen MR) is 129 cm³/mol. The summed E-state index contributed by atoms with van der Waals surface area (Å²) in [6.07, 6.45) is 1.51. The van der Waals surface area contributed by atoms with E-state index in [1.165, 1.54) is 40.8 Å². The highest BCUT2D eigenvalue weighted by molar-refractivity contribution is 7.92. The third kappa shape index (κ3) is 4.45. The van der Waals surface area contributed by atoms with E-state index in [4.69, 9.17) is 4.74 Å². The van der Waals surface area contributed by atoms with Crippen molar-refractivity contribution >= 4 is 38.1 Å². The van der Waals surface area contributed by atoms with E-state index >= 15 is 0 Å². The summed E-state index contributed by atoms with van der Waals surface area (Å²) in [7, 11) is -3.59. The van der Waals surface area contributed by atoms with Gasteiger partial charge in [-0.3, -0.25) is 14.1 Å². The predicted octanol–water partition coefficient (Wildman–Crippen LogP) is 4.56. The van der Waals surface area contributed by atoms with Crippen molar-refractivity contribution in [2.45, 2.75) is 0 Å². The summed E-state index contributed by atoms with van der Waals surface area (Å²) < 4.78 is 59.8. The highest BCUT2D eigenvalue weighted by Crippen LogP contribution is 2.32. The zero-order valence-electron chi connectivity index (χ0n) is 18.2. The molecule has 0 saturated carbocycles. The van der Waals surface area contributed by atoms with Gasteiger partial charge in [-0.2, -0.15) is 0 Å². The first-order valence-electron chi connectivity index (χ1n) is 10.7. The molecule has 0 radical (unpaired) electrons. The van der Waals surface area contributed by atoms with E-state index in [1.807, 2.05) is 12.1 Å². The van der Waals surface area contributed by atoms with Gasteiger partial charge in [0.15, 0.2) is 17.6 Å². The number of amides is 1. The fourth-order valence-corrected chi connectivity index (χ4v) is 5.21. The van der Waals surface area contributed by atoms with Crippen molar-refractivity contribution < 1.29 is 26.7 Å². The molecule has 3 aromatic carbocycles. The van der Waals surface area contributed by atoms with Crippen LogP contribution >= 0.6 is 0 Å². The Hall–Kier alpha value is -3.89. The van der Waals surface area contributed by atoms with Gasteiger partial charge in [-0.15, -0.1) is 0 Å². The van der Waals surface area contributed by atoms with Crippen LogP contribution in [0.2, 0.25) is 0 Å². The van der Waals surface area contributed by atoms with Crippen molar-refractivity contribution in [3.63, 3.8) is 0 Å². The summed E-state index contributed by atoms with van der Waals surface area (Å²) in [5.74, 6) is -3.16. The maximum Gasteiger partial charge on any atom is 0.259 e. The number of rotatable bonds is 4. The number of nitrogens with one attached hydrogen (secondary N) is 1. The molecule has 10 heteroatoms. The minimum atomic E-state index is -3.59. The third-order valence-electron chi connectivity index (χ3n) is 5.64. The molecule has 1 aromatic heterocycles. The average Bonchev–Trinajstić information content (AvgIpc) is 2.86. The van der Waals surface area contributed by atoms with Crippen molar-refractivity contribution in [1.82, 2.24) is 4.98 Å². The van der Waals surface area contributed by atoms with E-state index in [2.05, 4.69) is 10.3 Å². The summed E-state index contributed by atoms with van der Waals surface area (Å²) in [5.41, 5.74) is 0.853. The van der Waals surface area contributed by atoms with E-state index in [-0.39, 0.29) is 35.7 Å². The van der Waals surface area contributed by atoms with E-state index in [9.17, 15) is 22.0 Å². The van der Waals surface area contributed by atoms with Crippen LogP contribution in [0.4, 0.5) is 20.2 Å². The van der Waals surface area contributed by atoms with Gasteiger partial charge in [0.2, 0.25) is 0 Å². The number of pyridine rings is 1. The molecular weight excluding hydrogens is 476 g/mol. The van der Waals surface area contributed by atoms with Gasteiger partial charge < -0.3 is 10.1 Å². The summed E-state index contributed by atoms with van der Waals surface area (Å²) in [4.78, 5) is 17.0. The van der Waals surface area contributed by atoms with Gasteiger partial charge in [-0.1, -0.05) is 24.3 Å². The number of fused-ring (bicyclic) bond motifs is 1. The van der Waals surface area contributed by atoms with E-state index < -0.39 is 33.5 Å². The minimum Gasteiger partial charge on any atom is -0.362 e. The molecule has 0 unspecified atom stereocenters. The topological polar surface area (TPSA) is 88.6 Å². The van der Waals surface area contributed by atoms with Gasteiger partial charge >= 0.3 is 0 Å². The highest BCUT2D eigenvalue weighted by Gasteiger charge is 2.27. The monoisotopic (exact) mass is 495 g/mol. The largest absolute Gasteiger partial charge is 0.362 e. The Bertz CT molecular complexity index is 1540. The number of anilines is 2. The second-order valence-electron chi connectivity index (χ2n) is 7.91. The van der Waals surface area contributed by atoms with Crippen molar-refractivity contribution in [2.75, 3.05) is 28.7 Å². The standard InChI is InChI=1S/C25H19F2N3O4S/c26-22-14-18(13-21(23(22)27)24-20-4-2-1-3-16(20)9-10-28-24)29-25(31)17-5-7-19(8-6-17)30-11-12-34-15-35(30,32)33/h1-10,13-14H,11-12,15H2,(H,29,31). The number of hydrogen-bond donors (Lipinski definition) is 1. The molecule has 2 heterocycles. The molecule has 7 nitrogen and oxygen atoms in total. The number of aromatic nitrogens is 1. The minimum absolute atomic E-state index is 0.0541. The average molecular weight is 496 g/mol. The van der Waals surface area contributed by atoms with Crippen LogP contribution in [0, 0.1) is 11.6 Å². The van der Waals surface area contributed by atoms with Crippen molar-refractivity contribution in [2.24, 2.45) is 0 Å². The first-order chi connectivity index (χ1) is 16.8. The van der Waals surface area contributed by atoms with Crippen molar-refractivity contribution in [3.05, 3.63) is 90.1 Å². The first-order valence-corrected chi connectivity index (χ1v) is 12.3. The lowest BCUT2D eigenvalue weighted by molar-refractivity contribution is 0.102. The highest BCUT2D eigenvalue weighted by atomic mass is 32.2. The van der Waals surface area contributed by atoms with Gasteiger partial charge in [-0.05, 0) is 41.8 Å². The fourth-order valence-electron chi connectivity index (χ4n) is 3.95. The zero-order valence-corrected chi connectivity index (χ0v) is 19.1. The van der Waals surface area contributed by atoms with Crippen LogP contribution in [0.3, 0.4) is 0 Å². The van der Waals surface area contributed by atoms with Crippen LogP contribution in [0.5, 0.6) is 0 Å². The smallest absolute Gasteiger partial charge is 0.259 e.